The molecule has 0 aromatic rings. The molecule has 0 saturated heterocycles. The van der Waals surface area contributed by atoms with Crippen molar-refractivity contribution in [3.8, 4) is 0 Å². The van der Waals surface area contributed by atoms with Crippen molar-refractivity contribution in [1.82, 2.24) is 0 Å². The van der Waals surface area contributed by atoms with Crippen molar-refractivity contribution in [3.05, 3.63) is 24.0 Å². The molecule has 2 atom stereocenters. The zero-order chi connectivity index (χ0) is 9.42. The van der Waals surface area contributed by atoms with Crippen LogP contribution in [0.15, 0.2) is 24.0 Å². The Balaban J connectivity index is 2.31. The summed E-state index contributed by atoms with van der Waals surface area (Å²) in [6.07, 6.45) is 4.81. The number of carbonyl (C=O) groups excluding carboxylic acids is 2. The lowest BCUT2D eigenvalue weighted by atomic mass is 9.83. The van der Waals surface area contributed by atoms with Gasteiger partial charge in [0.15, 0.2) is 5.78 Å². The molecule has 1 aliphatic carbocycles. The largest absolute Gasteiger partial charge is 0.500 e. The third-order valence-corrected chi connectivity index (χ3v) is 2.32. The molecule has 0 saturated carbocycles. The first-order valence-electron chi connectivity index (χ1n) is 4.03. The topological polar surface area (TPSA) is 69.4 Å². The lowest BCUT2D eigenvalue weighted by Gasteiger charge is -2.18. The molecule has 0 radical (unpaired) electrons. The summed E-state index contributed by atoms with van der Waals surface area (Å²) in [6, 6.07) is 0. The quantitative estimate of drug-likeness (QED) is 0.564. The third-order valence-electron chi connectivity index (χ3n) is 2.32. The van der Waals surface area contributed by atoms with E-state index in [1.54, 1.807) is 12.3 Å². The van der Waals surface area contributed by atoms with Crippen LogP contribution < -0.4 is 5.73 Å². The highest BCUT2D eigenvalue weighted by Gasteiger charge is 2.36. The first kappa shape index (κ1) is 8.04. The first-order valence-corrected chi connectivity index (χ1v) is 4.03. The van der Waals surface area contributed by atoms with Crippen LogP contribution in [0.3, 0.4) is 0 Å². The summed E-state index contributed by atoms with van der Waals surface area (Å²) in [6.45, 7) is 0.336. The van der Waals surface area contributed by atoms with Gasteiger partial charge in [-0.2, -0.15) is 0 Å². The van der Waals surface area contributed by atoms with Gasteiger partial charge in [0, 0.05) is 5.57 Å². The zero-order valence-electron chi connectivity index (χ0n) is 6.90. The van der Waals surface area contributed by atoms with Crippen LogP contribution in [0.4, 0.5) is 0 Å². The minimum Gasteiger partial charge on any atom is -0.500 e. The second kappa shape index (κ2) is 2.73. The zero-order valence-corrected chi connectivity index (χ0v) is 6.90. The number of hydrogen-bond donors (Lipinski definition) is 1. The molecule has 0 aromatic heterocycles. The number of Topliss-reactive ketones (excluding diaryl/α,β-unsaturated/α-hetero) is 1. The Labute approximate surface area is 75.0 Å². The van der Waals surface area contributed by atoms with Gasteiger partial charge in [0.25, 0.3) is 0 Å². The highest BCUT2D eigenvalue weighted by Crippen LogP contribution is 2.28. The van der Waals surface area contributed by atoms with Gasteiger partial charge >= 0.3 is 0 Å². The van der Waals surface area contributed by atoms with Crippen molar-refractivity contribution in [2.24, 2.45) is 17.6 Å². The van der Waals surface area contributed by atoms with E-state index in [1.807, 2.05) is 0 Å². The van der Waals surface area contributed by atoms with E-state index in [2.05, 4.69) is 0 Å². The van der Waals surface area contributed by atoms with Gasteiger partial charge in [0.2, 0.25) is 5.91 Å². The van der Waals surface area contributed by atoms with E-state index in [0.717, 1.165) is 5.57 Å². The van der Waals surface area contributed by atoms with Crippen LogP contribution in [0.5, 0.6) is 0 Å². The van der Waals surface area contributed by atoms with Crippen LogP contribution in [-0.2, 0) is 14.3 Å². The van der Waals surface area contributed by atoms with Crippen LogP contribution in [0, 0.1) is 11.8 Å². The smallest absolute Gasteiger partial charge is 0.231 e. The maximum absolute atomic E-state index is 11.6. The first-order chi connectivity index (χ1) is 6.20. The lowest BCUT2D eigenvalue weighted by Crippen LogP contribution is -2.36. The summed E-state index contributed by atoms with van der Waals surface area (Å²) in [7, 11) is 0. The van der Waals surface area contributed by atoms with Gasteiger partial charge in [-0.25, -0.2) is 0 Å². The Morgan fingerprint density at radius 3 is 3.08 bits per heavy atom. The van der Waals surface area contributed by atoms with E-state index < -0.39 is 11.8 Å². The molecular weight excluding hydrogens is 170 g/mol. The molecule has 1 heterocycles. The van der Waals surface area contributed by atoms with E-state index in [-0.39, 0.29) is 11.7 Å². The van der Waals surface area contributed by atoms with E-state index in [1.165, 1.54) is 6.08 Å². The molecule has 2 N–H and O–H groups in total. The summed E-state index contributed by atoms with van der Waals surface area (Å²) >= 11 is 0. The molecule has 4 heteroatoms. The predicted octanol–water partition coefficient (Wildman–Crippen LogP) is -0.243. The fourth-order valence-electron chi connectivity index (χ4n) is 1.57. The fraction of sp³-hybridized carbons (Fsp3) is 0.333. The average Bonchev–Trinajstić information content (AvgIpc) is 2.52. The Morgan fingerprint density at radius 2 is 2.38 bits per heavy atom. The number of hydrogen-bond acceptors (Lipinski definition) is 3. The molecule has 2 unspecified atom stereocenters. The standard InChI is InChI=1S/C9H9NO3/c10-9(12)6-2-1-5-3-13-4-7(5)8(6)11/h1-3,6-7H,4H2,(H2,10,12). The van der Waals surface area contributed by atoms with Gasteiger partial charge in [0.1, 0.15) is 12.5 Å². The minimum atomic E-state index is -0.774. The molecule has 0 spiro atoms. The second-order valence-electron chi connectivity index (χ2n) is 3.15. The highest BCUT2D eigenvalue weighted by molar-refractivity contribution is 6.06. The fourth-order valence-corrected chi connectivity index (χ4v) is 1.57. The molecule has 2 aliphatic rings. The van der Waals surface area contributed by atoms with Crippen LogP contribution >= 0.6 is 0 Å². The van der Waals surface area contributed by atoms with E-state index in [0.29, 0.717) is 6.61 Å². The Hall–Kier alpha value is -1.58. The van der Waals surface area contributed by atoms with Crippen LogP contribution in [0.1, 0.15) is 0 Å². The number of amides is 1. The number of primary amides is 1. The molecular formula is C9H9NO3. The third kappa shape index (κ3) is 1.14. The Kier molecular flexibility index (Phi) is 1.69. The van der Waals surface area contributed by atoms with Gasteiger partial charge in [-0.05, 0) is 0 Å². The molecule has 68 valence electrons. The van der Waals surface area contributed by atoms with Gasteiger partial charge in [-0.15, -0.1) is 0 Å². The van der Waals surface area contributed by atoms with Crippen molar-refractivity contribution in [2.45, 2.75) is 0 Å². The average molecular weight is 179 g/mol. The Morgan fingerprint density at radius 1 is 1.62 bits per heavy atom. The number of ketones is 1. The second-order valence-corrected chi connectivity index (χ2v) is 3.15. The summed E-state index contributed by atoms with van der Waals surface area (Å²) in [5.41, 5.74) is 5.90. The lowest BCUT2D eigenvalue weighted by molar-refractivity contribution is -0.132. The Bertz CT molecular complexity index is 330. The maximum Gasteiger partial charge on any atom is 0.231 e. The molecule has 1 aliphatic heterocycles. The summed E-state index contributed by atoms with van der Waals surface area (Å²) < 4.78 is 5.00. The van der Waals surface area contributed by atoms with Crippen LogP contribution in [-0.4, -0.2) is 18.3 Å². The van der Waals surface area contributed by atoms with Gasteiger partial charge in [0.05, 0.1) is 12.2 Å². The van der Waals surface area contributed by atoms with Gasteiger partial charge < -0.3 is 10.5 Å². The number of rotatable bonds is 1. The number of ether oxygens (including phenoxy) is 1. The molecule has 4 nitrogen and oxygen atoms in total. The molecule has 0 fully saturated rings. The molecule has 0 bridgehead atoms. The van der Waals surface area contributed by atoms with Crippen molar-refractivity contribution < 1.29 is 14.3 Å². The number of nitrogens with two attached hydrogens (primary N) is 1. The molecule has 1 amide bonds. The van der Waals surface area contributed by atoms with Crippen molar-refractivity contribution in [2.75, 3.05) is 6.61 Å². The number of carbonyl (C=O) groups is 2. The van der Waals surface area contributed by atoms with E-state index in [4.69, 9.17) is 10.5 Å². The van der Waals surface area contributed by atoms with Crippen molar-refractivity contribution >= 4 is 11.7 Å². The van der Waals surface area contributed by atoms with Gasteiger partial charge in [-0.3, -0.25) is 9.59 Å². The normalized spacial score (nSPS) is 30.8. The maximum atomic E-state index is 11.6. The minimum absolute atomic E-state index is 0.154. The predicted molar refractivity (Wildman–Crippen MR) is 44.4 cm³/mol. The SMILES string of the molecule is NC(=O)C1C=CC2=COCC2C1=O. The number of allylic oxidation sites excluding steroid dienone is 1. The monoisotopic (exact) mass is 179 g/mol. The molecule has 13 heavy (non-hydrogen) atoms. The van der Waals surface area contributed by atoms with E-state index in [9.17, 15) is 9.59 Å². The van der Waals surface area contributed by atoms with Crippen LogP contribution in [0.2, 0.25) is 0 Å². The van der Waals surface area contributed by atoms with E-state index >= 15 is 0 Å². The van der Waals surface area contributed by atoms with Gasteiger partial charge in [-0.1, -0.05) is 12.2 Å². The molecule has 2 rings (SSSR count). The van der Waals surface area contributed by atoms with Crippen molar-refractivity contribution in [1.29, 1.82) is 0 Å². The highest BCUT2D eigenvalue weighted by atomic mass is 16.5. The summed E-state index contributed by atoms with van der Waals surface area (Å²) in [5, 5.41) is 0. The summed E-state index contributed by atoms with van der Waals surface area (Å²) in [4.78, 5) is 22.4. The number of fused-ring (bicyclic) bond motifs is 1. The molecule has 0 aromatic carbocycles. The van der Waals surface area contributed by atoms with Crippen molar-refractivity contribution in [3.63, 3.8) is 0 Å². The summed E-state index contributed by atoms with van der Waals surface area (Å²) in [5.74, 6) is -1.81. The van der Waals surface area contributed by atoms with Crippen LogP contribution in [0.25, 0.3) is 0 Å².